The van der Waals surface area contributed by atoms with Gasteiger partial charge < -0.3 is 4.74 Å². The summed E-state index contributed by atoms with van der Waals surface area (Å²) in [6.45, 7) is 22.1. The molecule has 0 bridgehead atoms. The average molecular weight is 467 g/mol. The fourth-order valence-electron chi connectivity index (χ4n) is 4.81. The molecule has 1 heterocycles. The Balaban J connectivity index is 2.16. The van der Waals surface area contributed by atoms with Crippen LogP contribution in [0.3, 0.4) is 0 Å². The highest BCUT2D eigenvalue weighted by Gasteiger charge is 2.38. The van der Waals surface area contributed by atoms with Gasteiger partial charge in [-0.15, -0.1) is 0 Å². The maximum absolute atomic E-state index is 6.90. The van der Waals surface area contributed by atoms with Crippen molar-refractivity contribution in [3.05, 3.63) is 58.7 Å². The quantitative estimate of drug-likeness (QED) is 0.318. The molecule has 0 saturated heterocycles. The average Bonchev–Trinajstić information content (AvgIpc) is 2.71. The number of hydrogen-bond acceptors (Lipinski definition) is 5. The van der Waals surface area contributed by atoms with Gasteiger partial charge in [0, 0.05) is 51.8 Å². The molecule has 0 aliphatic carbocycles. The molecule has 0 atom stereocenters. The molecule has 5 nitrogen and oxygen atoms in total. The zero-order valence-corrected chi connectivity index (χ0v) is 22.8. The molecule has 0 fully saturated rings. The van der Waals surface area contributed by atoms with Crippen LogP contribution in [0.4, 0.5) is 0 Å². The monoisotopic (exact) mass is 466 g/mol. The molecule has 0 amide bonds. The molecule has 0 spiro atoms. The molecule has 0 saturated carbocycles. The number of benzene rings is 2. The SMILES string of the molecule is CC(C)NC(NC(C)C)c1cccc2c1Oc1c(C(NC(C)C)NC(C)C)cccc1C2(C)C. The molecule has 188 valence electrons. The molecule has 0 unspecified atom stereocenters. The summed E-state index contributed by atoms with van der Waals surface area (Å²) in [5.41, 5.74) is 4.56. The topological polar surface area (TPSA) is 57.4 Å². The number of rotatable bonds is 10. The summed E-state index contributed by atoms with van der Waals surface area (Å²) >= 11 is 0. The minimum absolute atomic E-state index is 0.00200. The van der Waals surface area contributed by atoms with E-state index in [0.717, 1.165) is 22.6 Å². The Labute approximate surface area is 207 Å². The second kappa shape index (κ2) is 10.8. The third kappa shape index (κ3) is 5.83. The van der Waals surface area contributed by atoms with E-state index < -0.39 is 0 Å². The Kier molecular flexibility index (Phi) is 8.46. The zero-order chi connectivity index (χ0) is 25.2. The van der Waals surface area contributed by atoms with Crippen LogP contribution < -0.4 is 26.0 Å². The van der Waals surface area contributed by atoms with Crippen LogP contribution in [-0.4, -0.2) is 24.2 Å². The molecular weight excluding hydrogens is 420 g/mol. The van der Waals surface area contributed by atoms with Gasteiger partial charge in [0.05, 0.1) is 12.3 Å². The first kappa shape index (κ1) is 26.7. The van der Waals surface area contributed by atoms with E-state index in [1.54, 1.807) is 0 Å². The Bertz CT molecular complexity index is 869. The largest absolute Gasteiger partial charge is 0.456 e. The van der Waals surface area contributed by atoms with E-state index in [1.165, 1.54) is 11.1 Å². The smallest absolute Gasteiger partial charge is 0.137 e. The maximum Gasteiger partial charge on any atom is 0.137 e. The lowest BCUT2D eigenvalue weighted by Crippen LogP contribution is -2.42. The molecule has 2 aromatic rings. The van der Waals surface area contributed by atoms with Gasteiger partial charge in [-0.3, -0.25) is 21.3 Å². The molecular formula is C29H46N4O. The van der Waals surface area contributed by atoms with E-state index in [0.29, 0.717) is 24.2 Å². The van der Waals surface area contributed by atoms with E-state index >= 15 is 0 Å². The van der Waals surface area contributed by atoms with Gasteiger partial charge in [0.2, 0.25) is 0 Å². The standard InChI is InChI=1S/C29H46N4O/c1-17(2)30-27(31-18(3)4)21-13-11-15-23-25(21)34-26-22(14-12-16-24(26)29(23,9)10)28(32-19(5)6)33-20(7)8/h11-20,27-28,30-33H,1-10H3. The fourth-order valence-corrected chi connectivity index (χ4v) is 4.81. The maximum atomic E-state index is 6.90. The predicted octanol–water partition coefficient (Wildman–Crippen LogP) is 6.11. The normalized spacial score (nSPS) is 14.9. The molecule has 5 heteroatoms. The summed E-state index contributed by atoms with van der Waals surface area (Å²) in [6, 6.07) is 14.5. The van der Waals surface area contributed by atoms with Gasteiger partial charge in [-0.1, -0.05) is 50.2 Å². The highest BCUT2D eigenvalue weighted by molar-refractivity contribution is 5.62. The van der Waals surface area contributed by atoms with E-state index in [1.807, 2.05) is 0 Å². The minimum Gasteiger partial charge on any atom is -0.456 e. The lowest BCUT2D eigenvalue weighted by molar-refractivity contribution is 0.338. The van der Waals surface area contributed by atoms with Gasteiger partial charge in [0.25, 0.3) is 0 Å². The highest BCUT2D eigenvalue weighted by Crippen LogP contribution is 2.51. The van der Waals surface area contributed by atoms with Crippen molar-refractivity contribution in [1.29, 1.82) is 0 Å². The highest BCUT2D eigenvalue weighted by atomic mass is 16.5. The van der Waals surface area contributed by atoms with Crippen LogP contribution in [0, 0.1) is 0 Å². The first-order valence-corrected chi connectivity index (χ1v) is 12.9. The molecule has 1 aliphatic heterocycles. The second-order valence-electron chi connectivity index (χ2n) is 11.3. The lowest BCUT2D eigenvalue weighted by Gasteiger charge is -2.39. The molecule has 0 aromatic heterocycles. The van der Waals surface area contributed by atoms with Crippen molar-refractivity contribution >= 4 is 0 Å². The van der Waals surface area contributed by atoms with Crippen molar-refractivity contribution < 1.29 is 4.74 Å². The number of para-hydroxylation sites is 2. The van der Waals surface area contributed by atoms with Crippen molar-refractivity contribution in [3.63, 3.8) is 0 Å². The summed E-state index contributed by atoms with van der Waals surface area (Å²) in [7, 11) is 0. The van der Waals surface area contributed by atoms with E-state index in [2.05, 4.69) is 127 Å². The third-order valence-corrected chi connectivity index (χ3v) is 6.26. The third-order valence-electron chi connectivity index (χ3n) is 6.26. The second-order valence-corrected chi connectivity index (χ2v) is 11.3. The molecule has 34 heavy (non-hydrogen) atoms. The molecule has 0 radical (unpaired) electrons. The Morgan fingerprint density at radius 2 is 0.882 bits per heavy atom. The van der Waals surface area contributed by atoms with Crippen LogP contribution in [0.2, 0.25) is 0 Å². The lowest BCUT2D eigenvalue weighted by atomic mass is 9.74. The van der Waals surface area contributed by atoms with Gasteiger partial charge in [-0.05, 0) is 55.4 Å². The van der Waals surface area contributed by atoms with Crippen LogP contribution in [0.25, 0.3) is 0 Å². The van der Waals surface area contributed by atoms with Crippen LogP contribution in [0.1, 0.15) is 104 Å². The van der Waals surface area contributed by atoms with Gasteiger partial charge in [0.15, 0.2) is 0 Å². The van der Waals surface area contributed by atoms with Crippen molar-refractivity contribution in [3.8, 4) is 11.5 Å². The summed E-state index contributed by atoms with van der Waals surface area (Å²) in [5, 5.41) is 14.8. The number of fused-ring (bicyclic) bond motifs is 2. The van der Waals surface area contributed by atoms with Gasteiger partial charge in [-0.2, -0.15) is 0 Å². The van der Waals surface area contributed by atoms with Gasteiger partial charge in [0.1, 0.15) is 11.5 Å². The van der Waals surface area contributed by atoms with Crippen LogP contribution in [0.5, 0.6) is 11.5 Å². The first-order chi connectivity index (χ1) is 15.9. The van der Waals surface area contributed by atoms with Crippen LogP contribution >= 0.6 is 0 Å². The van der Waals surface area contributed by atoms with Crippen molar-refractivity contribution in [2.45, 2.75) is 111 Å². The van der Waals surface area contributed by atoms with Gasteiger partial charge in [-0.25, -0.2) is 0 Å². The molecule has 1 aliphatic rings. The summed E-state index contributed by atoms with van der Waals surface area (Å²) in [4.78, 5) is 0. The summed E-state index contributed by atoms with van der Waals surface area (Å²) in [6.07, 6.45) is -0.00401. The summed E-state index contributed by atoms with van der Waals surface area (Å²) in [5.74, 6) is 1.93. The van der Waals surface area contributed by atoms with Crippen LogP contribution in [-0.2, 0) is 5.41 Å². The Hall–Kier alpha value is -1.92. The van der Waals surface area contributed by atoms with Crippen LogP contribution in [0.15, 0.2) is 36.4 Å². The predicted molar refractivity (Wildman–Crippen MR) is 144 cm³/mol. The van der Waals surface area contributed by atoms with E-state index in [-0.39, 0.29) is 17.7 Å². The number of hydrogen-bond donors (Lipinski definition) is 4. The minimum atomic E-state index is -0.185. The van der Waals surface area contributed by atoms with Gasteiger partial charge >= 0.3 is 0 Å². The zero-order valence-electron chi connectivity index (χ0n) is 22.8. The Morgan fingerprint density at radius 3 is 1.18 bits per heavy atom. The van der Waals surface area contributed by atoms with Crippen molar-refractivity contribution in [1.82, 2.24) is 21.3 Å². The number of nitrogens with one attached hydrogen (secondary N) is 4. The van der Waals surface area contributed by atoms with Crippen molar-refractivity contribution in [2.75, 3.05) is 0 Å². The number of ether oxygens (including phenoxy) is 1. The van der Waals surface area contributed by atoms with E-state index in [9.17, 15) is 0 Å². The first-order valence-electron chi connectivity index (χ1n) is 12.9. The fraction of sp³-hybridized carbons (Fsp3) is 0.586. The van der Waals surface area contributed by atoms with Crippen molar-refractivity contribution in [2.24, 2.45) is 0 Å². The molecule has 2 aromatic carbocycles. The molecule has 4 N–H and O–H groups in total. The molecule has 3 rings (SSSR count). The summed E-state index contributed by atoms with van der Waals surface area (Å²) < 4.78 is 6.90. The Morgan fingerprint density at radius 1 is 0.559 bits per heavy atom. The van der Waals surface area contributed by atoms with E-state index in [4.69, 9.17) is 4.74 Å².